The SMILES string of the molecule is CCCCOCC(O)CN(CCNCC(O)COCC(CC)CCCC)CC(O)COCCC[Si](OC)(OC)OC. The summed E-state index contributed by atoms with van der Waals surface area (Å²) in [6.45, 7) is 11.3. The minimum Gasteiger partial charge on any atom is -0.389 e. The highest BCUT2D eigenvalue weighted by molar-refractivity contribution is 6.60. The fraction of sp³-hybridized carbons (Fsp3) is 1.00. The zero-order valence-corrected chi connectivity index (χ0v) is 28.0. The Morgan fingerprint density at radius 3 is 1.80 bits per heavy atom. The Morgan fingerprint density at radius 2 is 1.27 bits per heavy atom. The van der Waals surface area contributed by atoms with Gasteiger partial charge in [0, 0.05) is 79.9 Å². The van der Waals surface area contributed by atoms with Crippen LogP contribution in [0.15, 0.2) is 0 Å². The summed E-state index contributed by atoms with van der Waals surface area (Å²) in [5, 5.41) is 34.7. The Labute approximate surface area is 251 Å². The molecule has 248 valence electrons. The van der Waals surface area contributed by atoms with Crippen LogP contribution < -0.4 is 5.32 Å². The number of hydrogen-bond acceptors (Lipinski definition) is 11. The summed E-state index contributed by atoms with van der Waals surface area (Å²) in [5.74, 6) is 0.549. The molecular weight excluding hydrogens is 548 g/mol. The van der Waals surface area contributed by atoms with E-state index in [9.17, 15) is 15.3 Å². The molecular formula is C29H64N2O9Si. The molecule has 0 aromatic rings. The Bertz CT molecular complexity index is 556. The minimum absolute atomic E-state index is 0.182. The predicted octanol–water partition coefficient (Wildman–Crippen LogP) is 2.30. The summed E-state index contributed by atoms with van der Waals surface area (Å²) < 4.78 is 33.3. The summed E-state index contributed by atoms with van der Waals surface area (Å²) in [6, 6.07) is 0.629. The Balaban J connectivity index is 4.52. The van der Waals surface area contributed by atoms with E-state index in [1.165, 1.54) is 19.3 Å². The molecule has 0 aromatic heterocycles. The van der Waals surface area contributed by atoms with Crippen LogP contribution in [0.25, 0.3) is 0 Å². The molecule has 0 aliphatic carbocycles. The monoisotopic (exact) mass is 612 g/mol. The summed E-state index contributed by atoms with van der Waals surface area (Å²) in [4.78, 5) is 2.00. The molecule has 0 spiro atoms. The van der Waals surface area contributed by atoms with Crippen LogP contribution in [0, 0.1) is 5.92 Å². The van der Waals surface area contributed by atoms with Crippen LogP contribution in [0.1, 0.15) is 65.7 Å². The number of rotatable bonds is 31. The van der Waals surface area contributed by atoms with Gasteiger partial charge in [-0.25, -0.2) is 0 Å². The first-order valence-electron chi connectivity index (χ1n) is 15.6. The van der Waals surface area contributed by atoms with E-state index >= 15 is 0 Å². The highest BCUT2D eigenvalue weighted by Crippen LogP contribution is 2.15. The van der Waals surface area contributed by atoms with Crippen LogP contribution in [-0.4, -0.2) is 141 Å². The van der Waals surface area contributed by atoms with Gasteiger partial charge in [0.1, 0.15) is 0 Å². The largest absolute Gasteiger partial charge is 0.500 e. The molecule has 0 aliphatic rings. The summed E-state index contributed by atoms with van der Waals surface area (Å²) in [6.07, 6.45) is 5.40. The van der Waals surface area contributed by atoms with Gasteiger partial charge < -0.3 is 48.1 Å². The molecule has 12 heteroatoms. The van der Waals surface area contributed by atoms with Gasteiger partial charge in [-0.1, -0.05) is 46.5 Å². The third-order valence-electron chi connectivity index (χ3n) is 7.10. The molecule has 4 N–H and O–H groups in total. The van der Waals surface area contributed by atoms with Gasteiger partial charge in [0.2, 0.25) is 0 Å². The lowest BCUT2D eigenvalue weighted by Crippen LogP contribution is -2.44. The van der Waals surface area contributed by atoms with Crippen molar-refractivity contribution in [2.24, 2.45) is 5.92 Å². The maximum absolute atomic E-state index is 10.6. The third-order valence-corrected chi connectivity index (χ3v) is 9.93. The van der Waals surface area contributed by atoms with Crippen molar-refractivity contribution in [3.05, 3.63) is 0 Å². The van der Waals surface area contributed by atoms with Gasteiger partial charge in [-0.15, -0.1) is 0 Å². The van der Waals surface area contributed by atoms with Gasteiger partial charge in [0.15, 0.2) is 0 Å². The predicted molar refractivity (Wildman–Crippen MR) is 164 cm³/mol. The highest BCUT2D eigenvalue weighted by atomic mass is 28.4. The number of aliphatic hydroxyl groups excluding tert-OH is 3. The average Bonchev–Trinajstić information content (AvgIpc) is 2.97. The van der Waals surface area contributed by atoms with Crippen LogP contribution in [0.3, 0.4) is 0 Å². The molecule has 0 bridgehead atoms. The molecule has 4 unspecified atom stereocenters. The second kappa shape index (κ2) is 27.3. The first kappa shape index (κ1) is 40.8. The molecule has 0 heterocycles. The molecule has 0 aromatic carbocycles. The lowest BCUT2D eigenvalue weighted by Gasteiger charge is -2.28. The molecule has 0 aliphatic heterocycles. The van der Waals surface area contributed by atoms with Crippen LogP contribution >= 0.6 is 0 Å². The van der Waals surface area contributed by atoms with E-state index in [0.717, 1.165) is 19.3 Å². The lowest BCUT2D eigenvalue weighted by molar-refractivity contribution is -0.0109. The van der Waals surface area contributed by atoms with E-state index in [4.69, 9.17) is 27.5 Å². The molecule has 11 nitrogen and oxygen atoms in total. The maximum Gasteiger partial charge on any atom is 0.500 e. The normalized spacial score (nSPS) is 15.4. The van der Waals surface area contributed by atoms with Crippen molar-refractivity contribution in [2.45, 2.75) is 90.1 Å². The first-order valence-corrected chi connectivity index (χ1v) is 17.6. The number of ether oxygens (including phenoxy) is 3. The van der Waals surface area contributed by atoms with E-state index < -0.39 is 27.1 Å². The van der Waals surface area contributed by atoms with Crippen molar-refractivity contribution < 1.29 is 42.8 Å². The summed E-state index contributed by atoms with van der Waals surface area (Å²) >= 11 is 0. The van der Waals surface area contributed by atoms with E-state index in [-0.39, 0.29) is 13.2 Å². The number of nitrogens with zero attached hydrogens (tertiary/aromatic N) is 1. The van der Waals surface area contributed by atoms with Crippen molar-refractivity contribution in [1.82, 2.24) is 10.2 Å². The van der Waals surface area contributed by atoms with Gasteiger partial charge in [-0.2, -0.15) is 0 Å². The molecule has 41 heavy (non-hydrogen) atoms. The van der Waals surface area contributed by atoms with Crippen LogP contribution in [0.2, 0.25) is 6.04 Å². The van der Waals surface area contributed by atoms with Gasteiger partial charge in [0.05, 0.1) is 38.1 Å². The highest BCUT2D eigenvalue weighted by Gasteiger charge is 2.36. The van der Waals surface area contributed by atoms with Crippen LogP contribution in [0.5, 0.6) is 0 Å². The van der Waals surface area contributed by atoms with E-state index in [0.29, 0.717) is 77.5 Å². The molecule has 4 atom stereocenters. The maximum atomic E-state index is 10.6. The zero-order chi connectivity index (χ0) is 30.8. The second-order valence-corrected chi connectivity index (χ2v) is 13.9. The van der Waals surface area contributed by atoms with Gasteiger partial charge in [-0.3, -0.25) is 4.90 Å². The van der Waals surface area contributed by atoms with Crippen molar-refractivity contribution in [1.29, 1.82) is 0 Å². The molecule has 0 fully saturated rings. The standard InChI is InChI=1S/C29H64N2O9Si/c1-7-10-13-26(9-3)22-40-23-27(32)19-30-14-15-31(20-28(33)24-38-16-11-8-2)21-29(34)25-39-17-12-18-41(35-4,36-5)37-6/h26-30,32-34H,7-25H2,1-6H3. The van der Waals surface area contributed by atoms with E-state index in [1.54, 1.807) is 21.3 Å². The van der Waals surface area contributed by atoms with Gasteiger partial charge in [-0.05, 0) is 25.2 Å². The van der Waals surface area contributed by atoms with Crippen molar-refractivity contribution in [2.75, 3.05) is 93.7 Å². The number of unbranched alkanes of at least 4 members (excludes halogenated alkanes) is 2. The van der Waals surface area contributed by atoms with Gasteiger partial charge >= 0.3 is 8.80 Å². The number of hydrogen-bond donors (Lipinski definition) is 4. The zero-order valence-electron chi connectivity index (χ0n) is 27.0. The quantitative estimate of drug-likeness (QED) is 0.0679. The van der Waals surface area contributed by atoms with Gasteiger partial charge in [0.25, 0.3) is 0 Å². The van der Waals surface area contributed by atoms with Crippen molar-refractivity contribution >= 4 is 8.80 Å². The average molecular weight is 613 g/mol. The van der Waals surface area contributed by atoms with E-state index in [2.05, 4.69) is 26.1 Å². The smallest absolute Gasteiger partial charge is 0.389 e. The fourth-order valence-corrected chi connectivity index (χ4v) is 6.11. The third kappa shape index (κ3) is 22.0. The molecule has 0 amide bonds. The van der Waals surface area contributed by atoms with Crippen LogP contribution in [-0.2, 0) is 27.5 Å². The molecule has 0 saturated carbocycles. The number of aliphatic hydroxyl groups is 3. The summed E-state index contributed by atoms with van der Waals surface area (Å²) in [7, 11) is 2.13. The minimum atomic E-state index is -2.63. The Morgan fingerprint density at radius 1 is 0.707 bits per heavy atom. The second-order valence-electron chi connectivity index (χ2n) is 10.8. The Hall–Kier alpha value is -0.223. The molecule has 0 rings (SSSR count). The van der Waals surface area contributed by atoms with Crippen molar-refractivity contribution in [3.8, 4) is 0 Å². The fourth-order valence-electron chi connectivity index (χ4n) is 4.42. The topological polar surface area (TPSA) is 131 Å². The lowest BCUT2D eigenvalue weighted by atomic mass is 10.0. The van der Waals surface area contributed by atoms with Crippen molar-refractivity contribution in [3.63, 3.8) is 0 Å². The first-order chi connectivity index (χ1) is 19.8. The Kier molecular flexibility index (Phi) is 27.2. The molecule has 0 saturated heterocycles. The van der Waals surface area contributed by atoms with E-state index in [1.807, 2.05) is 4.90 Å². The number of nitrogens with one attached hydrogen (secondary N) is 1. The molecule has 0 radical (unpaired) electrons. The van der Waals surface area contributed by atoms with Crippen LogP contribution in [0.4, 0.5) is 0 Å². The summed E-state index contributed by atoms with van der Waals surface area (Å²) in [5.41, 5.74) is 0.